The highest BCUT2D eigenvalue weighted by atomic mass is 16.4. The summed E-state index contributed by atoms with van der Waals surface area (Å²) in [6.07, 6.45) is 7.17. The highest BCUT2D eigenvalue weighted by Crippen LogP contribution is 2.35. The van der Waals surface area contributed by atoms with Crippen LogP contribution in [0.2, 0.25) is 0 Å². The number of carbonyl (C=O) groups is 1. The molecule has 0 saturated carbocycles. The predicted octanol–water partition coefficient (Wildman–Crippen LogP) is 5.16. The Morgan fingerprint density at radius 2 is 1.92 bits per heavy atom. The summed E-state index contributed by atoms with van der Waals surface area (Å²) in [7, 11) is 0. The topological polar surface area (TPSA) is 55.4 Å². The van der Waals surface area contributed by atoms with Crippen molar-refractivity contribution in [2.45, 2.75) is 6.42 Å². The molecular formula is C22H15NO3. The third-order valence-corrected chi connectivity index (χ3v) is 4.83. The largest absolute Gasteiger partial charge is 0.478 e. The van der Waals surface area contributed by atoms with Crippen LogP contribution >= 0.6 is 0 Å². The van der Waals surface area contributed by atoms with E-state index in [0.29, 0.717) is 0 Å². The molecule has 0 unspecified atom stereocenters. The summed E-state index contributed by atoms with van der Waals surface area (Å²) < 4.78 is 8.21. The molecule has 1 aliphatic rings. The lowest BCUT2D eigenvalue weighted by atomic mass is 10.1. The van der Waals surface area contributed by atoms with Crippen molar-refractivity contribution in [2.75, 3.05) is 0 Å². The first-order valence-corrected chi connectivity index (χ1v) is 8.44. The van der Waals surface area contributed by atoms with E-state index in [1.807, 2.05) is 22.9 Å². The molecule has 1 N–H and O–H groups in total. The second kappa shape index (κ2) is 5.49. The molecule has 0 fully saturated rings. The van der Waals surface area contributed by atoms with Gasteiger partial charge >= 0.3 is 5.97 Å². The van der Waals surface area contributed by atoms with Crippen molar-refractivity contribution < 1.29 is 14.3 Å². The molecule has 126 valence electrons. The fraction of sp³-hybridized carbons (Fsp3) is 0.0455. The minimum absolute atomic E-state index is 0.272. The SMILES string of the molecule is O=C(O)c1ccc(-n2cccc2-c2cc3ccc4c(c3o2)C=CC4)cc1. The molecule has 1 aliphatic carbocycles. The van der Waals surface area contributed by atoms with Gasteiger partial charge in [-0.05, 0) is 54.4 Å². The number of carboxylic acid groups (broad SMARTS) is 1. The number of benzene rings is 2. The molecule has 0 saturated heterocycles. The quantitative estimate of drug-likeness (QED) is 0.560. The van der Waals surface area contributed by atoms with Gasteiger partial charge in [-0.15, -0.1) is 0 Å². The van der Waals surface area contributed by atoms with Gasteiger partial charge in [0.15, 0.2) is 5.76 Å². The number of carboxylic acids is 1. The Morgan fingerprint density at radius 1 is 1.08 bits per heavy atom. The first kappa shape index (κ1) is 14.8. The number of aromatic nitrogens is 1. The maximum Gasteiger partial charge on any atom is 0.335 e. The Bertz CT molecular complexity index is 1180. The Hall–Kier alpha value is -3.53. The molecule has 4 nitrogen and oxygen atoms in total. The summed E-state index contributed by atoms with van der Waals surface area (Å²) in [5, 5.41) is 10.2. The zero-order valence-corrected chi connectivity index (χ0v) is 13.8. The summed E-state index contributed by atoms with van der Waals surface area (Å²) in [5.74, 6) is -0.135. The molecule has 2 aromatic carbocycles. The van der Waals surface area contributed by atoms with Gasteiger partial charge in [-0.3, -0.25) is 0 Å². The zero-order valence-electron chi connectivity index (χ0n) is 13.8. The first-order chi connectivity index (χ1) is 12.7. The summed E-state index contributed by atoms with van der Waals surface area (Å²) in [6.45, 7) is 0. The maximum atomic E-state index is 11.1. The van der Waals surface area contributed by atoms with Crippen LogP contribution in [0, 0.1) is 0 Å². The smallest absolute Gasteiger partial charge is 0.335 e. The highest BCUT2D eigenvalue weighted by Gasteiger charge is 2.16. The standard InChI is InChI=1S/C22H15NO3/c24-22(25)15-8-10-17(11-9-15)23-12-2-5-19(23)20-13-16-7-6-14-3-1-4-18(14)21(16)26-20/h1-2,4-13H,3H2,(H,24,25). The van der Waals surface area contributed by atoms with E-state index < -0.39 is 5.97 Å². The van der Waals surface area contributed by atoms with Crippen molar-refractivity contribution in [1.82, 2.24) is 4.57 Å². The molecule has 0 aliphatic heterocycles. The summed E-state index contributed by atoms with van der Waals surface area (Å²) in [6, 6.07) is 17.1. The van der Waals surface area contributed by atoms with Crippen LogP contribution in [0.4, 0.5) is 0 Å². The van der Waals surface area contributed by atoms with E-state index >= 15 is 0 Å². The molecule has 0 atom stereocenters. The third kappa shape index (κ3) is 2.19. The van der Waals surface area contributed by atoms with Crippen LogP contribution in [0.3, 0.4) is 0 Å². The fourth-order valence-corrected chi connectivity index (χ4v) is 3.53. The summed E-state index contributed by atoms with van der Waals surface area (Å²) in [5.41, 5.74) is 5.46. The van der Waals surface area contributed by atoms with Gasteiger partial charge < -0.3 is 14.1 Å². The minimum Gasteiger partial charge on any atom is -0.478 e. The third-order valence-electron chi connectivity index (χ3n) is 4.83. The molecule has 5 rings (SSSR count). The molecule has 4 heteroatoms. The Morgan fingerprint density at radius 3 is 2.73 bits per heavy atom. The average Bonchev–Trinajstić information content (AvgIpc) is 3.38. The van der Waals surface area contributed by atoms with E-state index in [-0.39, 0.29) is 5.56 Å². The first-order valence-electron chi connectivity index (χ1n) is 8.44. The van der Waals surface area contributed by atoms with E-state index in [0.717, 1.165) is 40.1 Å². The number of aromatic carboxylic acids is 1. The van der Waals surface area contributed by atoms with Gasteiger partial charge in [-0.2, -0.15) is 0 Å². The van der Waals surface area contributed by atoms with Gasteiger partial charge in [0.2, 0.25) is 0 Å². The predicted molar refractivity (Wildman–Crippen MR) is 101 cm³/mol. The van der Waals surface area contributed by atoms with Crippen molar-refractivity contribution >= 4 is 23.0 Å². The van der Waals surface area contributed by atoms with Crippen LogP contribution in [0.15, 0.2) is 71.3 Å². The van der Waals surface area contributed by atoms with E-state index in [2.05, 4.69) is 30.4 Å². The normalized spacial score (nSPS) is 12.6. The van der Waals surface area contributed by atoms with Crippen molar-refractivity contribution in [3.8, 4) is 17.1 Å². The highest BCUT2D eigenvalue weighted by molar-refractivity contribution is 5.92. The van der Waals surface area contributed by atoms with Gasteiger partial charge in [-0.25, -0.2) is 4.79 Å². The van der Waals surface area contributed by atoms with Crippen molar-refractivity contribution in [1.29, 1.82) is 0 Å². The maximum absolute atomic E-state index is 11.1. The van der Waals surface area contributed by atoms with Crippen LogP contribution in [-0.2, 0) is 6.42 Å². The Kier molecular flexibility index (Phi) is 3.12. The number of rotatable bonds is 3. The van der Waals surface area contributed by atoms with Crippen LogP contribution in [-0.4, -0.2) is 15.6 Å². The second-order valence-corrected chi connectivity index (χ2v) is 6.39. The minimum atomic E-state index is -0.927. The number of furan rings is 1. The summed E-state index contributed by atoms with van der Waals surface area (Å²) >= 11 is 0. The average molecular weight is 341 g/mol. The van der Waals surface area contributed by atoms with E-state index in [1.165, 1.54) is 5.56 Å². The molecule has 0 radical (unpaired) electrons. The van der Waals surface area contributed by atoms with Gasteiger partial charge in [0.05, 0.1) is 11.3 Å². The molecule has 4 aromatic rings. The van der Waals surface area contributed by atoms with Crippen LogP contribution in [0.25, 0.3) is 34.2 Å². The fourth-order valence-electron chi connectivity index (χ4n) is 3.53. The van der Waals surface area contributed by atoms with Gasteiger partial charge in [0, 0.05) is 22.8 Å². The summed E-state index contributed by atoms with van der Waals surface area (Å²) in [4.78, 5) is 11.1. The number of allylic oxidation sites excluding steroid dienone is 1. The molecule has 0 amide bonds. The van der Waals surface area contributed by atoms with Crippen LogP contribution in [0.5, 0.6) is 0 Å². The van der Waals surface area contributed by atoms with E-state index in [1.54, 1.807) is 24.3 Å². The molecular weight excluding hydrogens is 326 g/mol. The van der Waals surface area contributed by atoms with Crippen molar-refractivity contribution in [3.63, 3.8) is 0 Å². The lowest BCUT2D eigenvalue weighted by Gasteiger charge is -2.08. The Balaban J connectivity index is 1.62. The molecule has 0 bridgehead atoms. The van der Waals surface area contributed by atoms with Crippen molar-refractivity contribution in [2.24, 2.45) is 0 Å². The van der Waals surface area contributed by atoms with E-state index in [9.17, 15) is 4.79 Å². The molecule has 0 spiro atoms. The molecule has 26 heavy (non-hydrogen) atoms. The second-order valence-electron chi connectivity index (χ2n) is 6.39. The number of hydrogen-bond donors (Lipinski definition) is 1. The van der Waals surface area contributed by atoms with Gasteiger partial charge in [0.1, 0.15) is 5.58 Å². The Labute approximate surface area is 149 Å². The number of hydrogen-bond acceptors (Lipinski definition) is 2. The van der Waals surface area contributed by atoms with Crippen LogP contribution < -0.4 is 0 Å². The van der Waals surface area contributed by atoms with Crippen LogP contribution in [0.1, 0.15) is 21.5 Å². The monoisotopic (exact) mass is 341 g/mol. The lowest BCUT2D eigenvalue weighted by molar-refractivity contribution is 0.0697. The number of fused-ring (bicyclic) bond motifs is 3. The lowest BCUT2D eigenvalue weighted by Crippen LogP contribution is -1.98. The zero-order chi connectivity index (χ0) is 17.7. The number of nitrogens with zero attached hydrogens (tertiary/aromatic N) is 1. The van der Waals surface area contributed by atoms with E-state index in [4.69, 9.17) is 9.52 Å². The van der Waals surface area contributed by atoms with Gasteiger partial charge in [-0.1, -0.05) is 24.3 Å². The van der Waals surface area contributed by atoms with Gasteiger partial charge in [0.25, 0.3) is 0 Å². The molecule has 2 heterocycles. The molecule has 2 aromatic heterocycles. The van der Waals surface area contributed by atoms with Crippen molar-refractivity contribution in [3.05, 3.63) is 83.6 Å².